The summed E-state index contributed by atoms with van der Waals surface area (Å²) < 4.78 is 0. The molecule has 0 fully saturated rings. The molecule has 1 aromatic rings. The lowest BCUT2D eigenvalue weighted by atomic mass is 10.0. The minimum absolute atomic E-state index is 0.133. The van der Waals surface area contributed by atoms with Crippen LogP contribution in [0.5, 0.6) is 0 Å². The van der Waals surface area contributed by atoms with Gasteiger partial charge in [0, 0.05) is 38.0 Å². The molecule has 0 aromatic heterocycles. The molecule has 1 rings (SSSR count). The molecular formula is C35H48N8O18S. The van der Waals surface area contributed by atoms with Crippen LogP contribution < -0.4 is 43.0 Å². The number of thiol groups is 1. The fourth-order valence-corrected chi connectivity index (χ4v) is 5.34. The number of benzene rings is 1. The number of rotatable bonds is 29. The number of hydrogen-bond acceptors (Lipinski definition) is 14. The molecule has 0 saturated carbocycles. The highest BCUT2D eigenvalue weighted by Crippen LogP contribution is 2.07. The summed E-state index contributed by atoms with van der Waals surface area (Å²) in [4.78, 5) is 145. The summed E-state index contributed by atoms with van der Waals surface area (Å²) in [5.41, 5.74) is 6.41. The molecule has 0 aliphatic rings. The topological polar surface area (TPSA) is 436 Å². The highest BCUT2D eigenvalue weighted by molar-refractivity contribution is 7.80. The van der Waals surface area contributed by atoms with Gasteiger partial charge in [-0.2, -0.15) is 12.6 Å². The molecule has 1 aromatic carbocycles. The van der Waals surface area contributed by atoms with E-state index < -0.39 is 165 Å². The summed E-state index contributed by atoms with van der Waals surface area (Å²) in [6.07, 6.45) is -4.67. The monoisotopic (exact) mass is 900 g/mol. The zero-order valence-electron chi connectivity index (χ0n) is 32.6. The first-order valence-corrected chi connectivity index (χ1v) is 19.0. The Morgan fingerprint density at radius 1 is 0.516 bits per heavy atom. The van der Waals surface area contributed by atoms with Crippen LogP contribution in [0.15, 0.2) is 30.3 Å². The lowest BCUT2D eigenvalue weighted by molar-refractivity contribution is -0.143. The number of nitrogens with one attached hydrogen (secondary N) is 7. The van der Waals surface area contributed by atoms with Crippen LogP contribution in [0.25, 0.3) is 0 Å². The van der Waals surface area contributed by atoms with E-state index in [2.05, 4.69) is 33.9 Å². The van der Waals surface area contributed by atoms with E-state index in [1.54, 1.807) is 30.3 Å². The Hall–Kier alpha value is -7.03. The van der Waals surface area contributed by atoms with E-state index in [0.717, 1.165) is 0 Å². The fourth-order valence-electron chi connectivity index (χ4n) is 5.09. The summed E-state index contributed by atoms with van der Waals surface area (Å²) >= 11 is 3.80. The van der Waals surface area contributed by atoms with Gasteiger partial charge in [-0.25, -0.2) is 24.0 Å². The van der Waals surface area contributed by atoms with E-state index in [-0.39, 0.29) is 12.2 Å². The zero-order chi connectivity index (χ0) is 47.1. The quantitative estimate of drug-likeness (QED) is 0.0339. The largest absolute Gasteiger partial charge is 0.481 e. The number of aliphatic carboxylic acids is 6. The standard InChI is InChI=1S/C35H48N8O18S/c36-17(28(50)40-22(13-27(48)49)30(52)41-23(15-62)34(59)60)14-37-29(51)21(12-16-4-2-1-3-5-16)39-25(45)9-6-18(31(53)54)38-24(44)10-7-19(32(55)56)42-35(61)43-20(33(57)58)8-11-26(46)47/h1-5,17-23,62H,6-15,36H2,(H,37,51)(H,38,44)(H,39,45)(H,40,50)(H,41,52)(H,46,47)(H,48,49)(H,53,54)(H,55,56)(H,57,58)(H,59,60)(H2,42,43,61)/t17-,18-,19-,20-,21-,22-,23-/m0/s1. The molecule has 0 heterocycles. The van der Waals surface area contributed by atoms with Gasteiger partial charge in [-0.05, 0) is 24.8 Å². The average molecular weight is 901 g/mol. The lowest BCUT2D eigenvalue weighted by Crippen LogP contribution is -2.58. The molecule has 7 amide bonds. The van der Waals surface area contributed by atoms with Crippen LogP contribution in [-0.4, -0.2) is 157 Å². The highest BCUT2D eigenvalue weighted by Gasteiger charge is 2.31. The van der Waals surface area contributed by atoms with Crippen molar-refractivity contribution >= 4 is 84.0 Å². The number of carboxylic acids is 6. The molecule has 62 heavy (non-hydrogen) atoms. The van der Waals surface area contributed by atoms with E-state index in [1.807, 2.05) is 16.0 Å². The maximum Gasteiger partial charge on any atom is 0.327 e. The van der Waals surface area contributed by atoms with Crippen molar-refractivity contribution in [3.63, 3.8) is 0 Å². The first kappa shape index (κ1) is 53.0. The molecule has 26 nitrogen and oxygen atoms in total. The molecular weight excluding hydrogens is 852 g/mol. The second-order valence-corrected chi connectivity index (χ2v) is 13.6. The van der Waals surface area contributed by atoms with Gasteiger partial charge in [-0.1, -0.05) is 30.3 Å². The minimum atomic E-state index is -1.78. The van der Waals surface area contributed by atoms with Gasteiger partial charge in [-0.3, -0.25) is 33.6 Å². The van der Waals surface area contributed by atoms with Gasteiger partial charge in [0.2, 0.25) is 29.5 Å². The SMILES string of the molecule is N[C@@H](CNC(=O)[C@H](Cc1ccccc1)NC(=O)CC[C@H](NC(=O)CC[C@H](NC(=O)N[C@@H](CCC(=O)O)C(=O)O)C(=O)O)C(=O)O)C(=O)N[C@@H](CC(=O)O)C(=O)N[C@@H](CS)C(=O)O. The van der Waals surface area contributed by atoms with Gasteiger partial charge in [0.15, 0.2) is 0 Å². The number of carboxylic acid groups (broad SMARTS) is 6. The minimum Gasteiger partial charge on any atom is -0.481 e. The molecule has 342 valence electrons. The first-order valence-electron chi connectivity index (χ1n) is 18.3. The Balaban J connectivity index is 2.91. The number of urea groups is 1. The molecule has 0 spiro atoms. The van der Waals surface area contributed by atoms with Crippen molar-refractivity contribution in [2.24, 2.45) is 5.73 Å². The molecule has 0 unspecified atom stereocenters. The molecule has 7 atom stereocenters. The Labute approximate surface area is 356 Å². The third-order valence-electron chi connectivity index (χ3n) is 8.38. The summed E-state index contributed by atoms with van der Waals surface area (Å²) in [6, 6.07) is -4.57. The van der Waals surface area contributed by atoms with Crippen molar-refractivity contribution in [2.75, 3.05) is 12.3 Å². The Morgan fingerprint density at radius 3 is 1.42 bits per heavy atom. The van der Waals surface area contributed by atoms with Crippen molar-refractivity contribution in [3.05, 3.63) is 35.9 Å². The predicted molar refractivity (Wildman–Crippen MR) is 210 cm³/mol. The van der Waals surface area contributed by atoms with Crippen molar-refractivity contribution in [1.82, 2.24) is 37.2 Å². The summed E-state index contributed by atoms with van der Waals surface area (Å²) in [5.74, 6) is -14.6. The van der Waals surface area contributed by atoms with Gasteiger partial charge in [0.25, 0.3) is 0 Å². The molecule has 0 aliphatic heterocycles. The van der Waals surface area contributed by atoms with Crippen molar-refractivity contribution in [1.29, 1.82) is 0 Å². The zero-order valence-corrected chi connectivity index (χ0v) is 33.5. The number of carbonyl (C=O) groups is 12. The molecule has 0 radical (unpaired) electrons. The Bertz CT molecular complexity index is 1820. The molecule has 0 saturated heterocycles. The van der Waals surface area contributed by atoms with E-state index in [4.69, 9.17) is 15.9 Å². The van der Waals surface area contributed by atoms with E-state index in [9.17, 15) is 78.0 Å². The maximum atomic E-state index is 13.3. The molecule has 27 heteroatoms. The van der Waals surface area contributed by atoms with Crippen molar-refractivity contribution < 1.29 is 88.2 Å². The average Bonchev–Trinajstić information content (AvgIpc) is 3.19. The fraction of sp³-hybridized carbons (Fsp3) is 0.486. The highest BCUT2D eigenvalue weighted by atomic mass is 32.1. The first-order chi connectivity index (χ1) is 29.0. The van der Waals surface area contributed by atoms with Gasteiger partial charge in [0.1, 0.15) is 42.3 Å². The number of hydrogen-bond donors (Lipinski definition) is 15. The van der Waals surface area contributed by atoms with E-state index >= 15 is 0 Å². The van der Waals surface area contributed by atoms with Crippen LogP contribution in [0.2, 0.25) is 0 Å². The predicted octanol–water partition coefficient (Wildman–Crippen LogP) is -4.18. The molecule has 0 bridgehead atoms. The van der Waals surface area contributed by atoms with Crippen LogP contribution in [0, 0.1) is 0 Å². The number of nitrogens with two attached hydrogens (primary N) is 1. The maximum absolute atomic E-state index is 13.3. The van der Waals surface area contributed by atoms with E-state index in [1.165, 1.54) is 0 Å². The third kappa shape index (κ3) is 20.8. The second kappa shape index (κ2) is 26.9. The smallest absolute Gasteiger partial charge is 0.327 e. The third-order valence-corrected chi connectivity index (χ3v) is 8.75. The van der Waals surface area contributed by atoms with Gasteiger partial charge >= 0.3 is 41.8 Å². The summed E-state index contributed by atoms with van der Waals surface area (Å²) in [7, 11) is 0. The lowest BCUT2D eigenvalue weighted by Gasteiger charge is -2.23. The van der Waals surface area contributed by atoms with Crippen LogP contribution in [0.1, 0.15) is 50.5 Å². The molecule has 0 aliphatic carbocycles. The molecule has 15 N–H and O–H groups in total. The summed E-state index contributed by atoms with van der Waals surface area (Å²) in [6.45, 7) is -0.618. The van der Waals surface area contributed by atoms with Crippen molar-refractivity contribution in [2.45, 2.75) is 93.7 Å². The Morgan fingerprint density at radius 2 is 0.968 bits per heavy atom. The number of amides is 7. The van der Waals surface area contributed by atoms with Gasteiger partial charge in [-0.15, -0.1) is 0 Å². The van der Waals surface area contributed by atoms with Crippen LogP contribution in [-0.2, 0) is 59.2 Å². The van der Waals surface area contributed by atoms with Gasteiger partial charge in [0.05, 0.1) is 6.42 Å². The van der Waals surface area contributed by atoms with Crippen LogP contribution in [0.4, 0.5) is 4.79 Å². The summed E-state index contributed by atoms with van der Waals surface area (Å²) in [5, 5.41) is 70.3. The number of carbonyl (C=O) groups excluding carboxylic acids is 6. The van der Waals surface area contributed by atoms with Gasteiger partial charge < -0.3 is 73.6 Å². The normalized spacial score (nSPS) is 14.0. The van der Waals surface area contributed by atoms with Crippen LogP contribution >= 0.6 is 12.6 Å². The second-order valence-electron chi connectivity index (χ2n) is 13.3. The van der Waals surface area contributed by atoms with E-state index in [0.29, 0.717) is 5.56 Å². The Kier molecular flexibility index (Phi) is 23.0. The van der Waals surface area contributed by atoms with Crippen molar-refractivity contribution in [3.8, 4) is 0 Å². The van der Waals surface area contributed by atoms with Crippen LogP contribution in [0.3, 0.4) is 0 Å².